The van der Waals surface area contributed by atoms with Crippen LogP contribution in [0.2, 0.25) is 0 Å². The Kier molecular flexibility index (Phi) is 3.98. The SMILES string of the molecule is CCC(CC)OC(=O)c1cccc2ccccc12. The number of hydrogen-bond acceptors (Lipinski definition) is 2. The molecule has 0 aromatic heterocycles. The van der Waals surface area contributed by atoms with E-state index < -0.39 is 0 Å². The van der Waals surface area contributed by atoms with E-state index in [0.29, 0.717) is 5.56 Å². The first-order valence-corrected chi connectivity index (χ1v) is 6.45. The number of carbonyl (C=O) groups excluding carboxylic acids is 1. The zero-order valence-electron chi connectivity index (χ0n) is 10.8. The first-order chi connectivity index (χ1) is 8.76. The second-order valence-corrected chi connectivity index (χ2v) is 4.37. The Morgan fingerprint density at radius 2 is 1.72 bits per heavy atom. The fourth-order valence-electron chi connectivity index (χ4n) is 2.07. The summed E-state index contributed by atoms with van der Waals surface area (Å²) < 4.78 is 5.50. The lowest BCUT2D eigenvalue weighted by Crippen LogP contribution is -2.16. The minimum atomic E-state index is -0.222. The van der Waals surface area contributed by atoms with Gasteiger partial charge in [0.05, 0.1) is 5.56 Å². The number of esters is 1. The molecule has 0 saturated carbocycles. The van der Waals surface area contributed by atoms with E-state index in [1.165, 1.54) is 0 Å². The normalized spacial score (nSPS) is 10.8. The molecule has 18 heavy (non-hydrogen) atoms. The summed E-state index contributed by atoms with van der Waals surface area (Å²) in [6.45, 7) is 4.06. The maximum absolute atomic E-state index is 12.2. The number of ether oxygens (including phenoxy) is 1. The van der Waals surface area contributed by atoms with Gasteiger partial charge in [-0.05, 0) is 29.7 Å². The van der Waals surface area contributed by atoms with Crippen molar-refractivity contribution >= 4 is 16.7 Å². The van der Waals surface area contributed by atoms with Crippen LogP contribution in [0.4, 0.5) is 0 Å². The van der Waals surface area contributed by atoms with Crippen LogP contribution >= 0.6 is 0 Å². The fraction of sp³-hybridized carbons (Fsp3) is 0.312. The van der Waals surface area contributed by atoms with Gasteiger partial charge in [0, 0.05) is 0 Å². The van der Waals surface area contributed by atoms with E-state index in [2.05, 4.69) is 0 Å². The molecule has 2 aromatic rings. The molecular weight excluding hydrogens is 224 g/mol. The topological polar surface area (TPSA) is 26.3 Å². The number of carbonyl (C=O) groups is 1. The van der Waals surface area contributed by atoms with E-state index in [9.17, 15) is 4.79 Å². The van der Waals surface area contributed by atoms with Gasteiger partial charge < -0.3 is 4.74 Å². The molecule has 0 aliphatic heterocycles. The van der Waals surface area contributed by atoms with Gasteiger partial charge in [0.15, 0.2) is 0 Å². The molecule has 2 nitrogen and oxygen atoms in total. The van der Waals surface area contributed by atoms with Crippen molar-refractivity contribution in [1.82, 2.24) is 0 Å². The quantitative estimate of drug-likeness (QED) is 0.751. The highest BCUT2D eigenvalue weighted by Gasteiger charge is 2.14. The summed E-state index contributed by atoms with van der Waals surface area (Å²) in [4.78, 5) is 12.2. The number of rotatable bonds is 4. The van der Waals surface area contributed by atoms with E-state index >= 15 is 0 Å². The zero-order chi connectivity index (χ0) is 13.0. The van der Waals surface area contributed by atoms with Crippen molar-refractivity contribution < 1.29 is 9.53 Å². The van der Waals surface area contributed by atoms with E-state index in [0.717, 1.165) is 23.6 Å². The first kappa shape index (κ1) is 12.6. The molecule has 94 valence electrons. The number of fused-ring (bicyclic) bond motifs is 1. The van der Waals surface area contributed by atoms with Crippen LogP contribution in [0.25, 0.3) is 10.8 Å². The summed E-state index contributed by atoms with van der Waals surface area (Å²) in [5, 5.41) is 2.02. The third-order valence-corrected chi connectivity index (χ3v) is 3.19. The molecular formula is C16H18O2. The second kappa shape index (κ2) is 5.67. The van der Waals surface area contributed by atoms with E-state index in [4.69, 9.17) is 4.74 Å². The summed E-state index contributed by atoms with van der Waals surface area (Å²) in [6.07, 6.45) is 1.72. The van der Waals surface area contributed by atoms with Crippen molar-refractivity contribution in [3.8, 4) is 0 Å². The molecule has 0 bridgehead atoms. The van der Waals surface area contributed by atoms with Gasteiger partial charge in [0.1, 0.15) is 6.10 Å². The van der Waals surface area contributed by atoms with Gasteiger partial charge in [-0.3, -0.25) is 0 Å². The minimum absolute atomic E-state index is 0.0106. The number of hydrogen-bond donors (Lipinski definition) is 0. The molecule has 2 rings (SSSR count). The largest absolute Gasteiger partial charge is 0.459 e. The molecule has 0 heterocycles. The summed E-state index contributed by atoms with van der Waals surface area (Å²) in [5.74, 6) is -0.222. The second-order valence-electron chi connectivity index (χ2n) is 4.37. The standard InChI is InChI=1S/C16H18O2/c1-3-13(4-2)18-16(17)15-11-7-9-12-8-5-6-10-14(12)15/h5-11,13H,3-4H2,1-2H3. The molecule has 0 aliphatic rings. The smallest absolute Gasteiger partial charge is 0.339 e. The zero-order valence-corrected chi connectivity index (χ0v) is 10.8. The maximum Gasteiger partial charge on any atom is 0.339 e. The lowest BCUT2D eigenvalue weighted by Gasteiger charge is -2.14. The van der Waals surface area contributed by atoms with E-state index in [1.54, 1.807) is 0 Å². The van der Waals surface area contributed by atoms with Crippen LogP contribution in [0, 0.1) is 0 Å². The van der Waals surface area contributed by atoms with Crippen LogP contribution in [0.1, 0.15) is 37.0 Å². The van der Waals surface area contributed by atoms with Gasteiger partial charge in [-0.15, -0.1) is 0 Å². The predicted molar refractivity (Wildman–Crippen MR) is 73.7 cm³/mol. The lowest BCUT2D eigenvalue weighted by molar-refractivity contribution is 0.0287. The van der Waals surface area contributed by atoms with E-state index in [-0.39, 0.29) is 12.1 Å². The highest BCUT2D eigenvalue weighted by molar-refractivity contribution is 6.04. The Balaban J connectivity index is 2.33. The van der Waals surface area contributed by atoms with Crippen molar-refractivity contribution in [2.24, 2.45) is 0 Å². The third kappa shape index (κ3) is 2.53. The van der Waals surface area contributed by atoms with Gasteiger partial charge >= 0.3 is 5.97 Å². The number of benzene rings is 2. The van der Waals surface area contributed by atoms with Crippen LogP contribution in [0.3, 0.4) is 0 Å². The van der Waals surface area contributed by atoms with Crippen LogP contribution in [0.15, 0.2) is 42.5 Å². The van der Waals surface area contributed by atoms with Gasteiger partial charge in [-0.2, -0.15) is 0 Å². The van der Waals surface area contributed by atoms with Crippen molar-refractivity contribution in [1.29, 1.82) is 0 Å². The molecule has 0 spiro atoms. The highest BCUT2D eigenvalue weighted by atomic mass is 16.5. The van der Waals surface area contributed by atoms with Crippen molar-refractivity contribution in [2.75, 3.05) is 0 Å². The Morgan fingerprint density at radius 1 is 1.06 bits per heavy atom. The molecule has 0 saturated heterocycles. The molecule has 0 radical (unpaired) electrons. The molecule has 0 fully saturated rings. The first-order valence-electron chi connectivity index (χ1n) is 6.45. The Hall–Kier alpha value is -1.83. The Labute approximate surface area is 108 Å². The average molecular weight is 242 g/mol. The Morgan fingerprint density at radius 3 is 2.44 bits per heavy atom. The minimum Gasteiger partial charge on any atom is -0.459 e. The van der Waals surface area contributed by atoms with Crippen LogP contribution in [-0.4, -0.2) is 12.1 Å². The maximum atomic E-state index is 12.2. The molecule has 2 heteroatoms. The van der Waals surface area contributed by atoms with Crippen LogP contribution < -0.4 is 0 Å². The van der Waals surface area contributed by atoms with Crippen molar-refractivity contribution in [3.05, 3.63) is 48.0 Å². The molecule has 2 aromatic carbocycles. The highest BCUT2D eigenvalue weighted by Crippen LogP contribution is 2.20. The fourth-order valence-corrected chi connectivity index (χ4v) is 2.07. The molecule has 0 aliphatic carbocycles. The van der Waals surface area contributed by atoms with E-state index in [1.807, 2.05) is 56.3 Å². The summed E-state index contributed by atoms with van der Waals surface area (Å²) in [6, 6.07) is 13.6. The Bertz CT molecular complexity index is 536. The summed E-state index contributed by atoms with van der Waals surface area (Å²) in [7, 11) is 0. The van der Waals surface area contributed by atoms with Gasteiger partial charge in [0.2, 0.25) is 0 Å². The third-order valence-electron chi connectivity index (χ3n) is 3.19. The van der Waals surface area contributed by atoms with Crippen molar-refractivity contribution in [3.63, 3.8) is 0 Å². The predicted octanol–water partition coefficient (Wildman–Crippen LogP) is 4.19. The summed E-state index contributed by atoms with van der Waals surface area (Å²) >= 11 is 0. The monoisotopic (exact) mass is 242 g/mol. The van der Waals surface area contributed by atoms with Gasteiger partial charge in [-0.1, -0.05) is 50.2 Å². The molecule has 0 atom stereocenters. The van der Waals surface area contributed by atoms with Crippen LogP contribution in [0.5, 0.6) is 0 Å². The average Bonchev–Trinajstić information content (AvgIpc) is 2.43. The van der Waals surface area contributed by atoms with Gasteiger partial charge in [-0.25, -0.2) is 4.79 Å². The van der Waals surface area contributed by atoms with Crippen molar-refractivity contribution in [2.45, 2.75) is 32.8 Å². The molecule has 0 unspecified atom stereocenters. The summed E-state index contributed by atoms with van der Waals surface area (Å²) in [5.41, 5.74) is 0.653. The van der Waals surface area contributed by atoms with Crippen LogP contribution in [-0.2, 0) is 4.74 Å². The molecule has 0 N–H and O–H groups in total. The molecule has 0 amide bonds. The lowest BCUT2D eigenvalue weighted by atomic mass is 10.0. The van der Waals surface area contributed by atoms with Gasteiger partial charge in [0.25, 0.3) is 0 Å².